The van der Waals surface area contributed by atoms with Gasteiger partial charge in [-0.15, -0.1) is 0 Å². The van der Waals surface area contributed by atoms with Gasteiger partial charge in [-0.3, -0.25) is 23.1 Å². The molecule has 1 unspecified atom stereocenters. The molecule has 0 fully saturated rings. The number of carbonyl (C=O) groups excluding carboxylic acids is 1. The van der Waals surface area contributed by atoms with Gasteiger partial charge in [0.05, 0.1) is 11.7 Å². The monoisotopic (exact) mass is 461 g/mol. The van der Waals surface area contributed by atoms with Gasteiger partial charge in [0.25, 0.3) is 5.56 Å². The maximum absolute atomic E-state index is 13.5. The molecule has 0 spiro atoms. The van der Waals surface area contributed by atoms with Crippen molar-refractivity contribution in [1.82, 2.24) is 23.1 Å². The number of aryl methyl sites for hydroxylation is 1. The van der Waals surface area contributed by atoms with E-state index < -0.39 is 17.3 Å². The highest BCUT2D eigenvalue weighted by atomic mass is 35.5. The van der Waals surface area contributed by atoms with Crippen LogP contribution < -0.4 is 11.2 Å². The van der Waals surface area contributed by atoms with Gasteiger partial charge in [-0.05, 0) is 38.1 Å². The maximum Gasteiger partial charge on any atom is 0.333 e. The zero-order chi connectivity index (χ0) is 23.4. The number of hydrogen-bond donors (Lipinski definition) is 0. The molecule has 0 bridgehead atoms. The predicted octanol–water partition coefficient (Wildman–Crippen LogP) is 3.61. The summed E-state index contributed by atoms with van der Waals surface area (Å²) < 4.78 is 5.88. The van der Waals surface area contributed by atoms with Crippen molar-refractivity contribution >= 4 is 34.3 Å². The lowest BCUT2D eigenvalue weighted by molar-refractivity contribution is -0.119. The number of Topliss-reactive ketones (excluding diaryl/α,β-unsaturated/α-hetero) is 1. The standard InChI is InChI=1S/C24H20ClN5O3/c1-14(15(2)31)29-22(32)20-21(27(3)24(29)33)26-23-28(20)13-19(16-7-5-4-6-8-16)30(23)18-11-9-17(25)10-12-18/h4-14H,1-3H3. The molecule has 5 rings (SSSR count). The van der Waals surface area contributed by atoms with E-state index in [1.807, 2.05) is 53.2 Å². The number of rotatable bonds is 4. The van der Waals surface area contributed by atoms with Crippen LogP contribution in [0.1, 0.15) is 19.9 Å². The lowest BCUT2D eigenvalue weighted by atomic mass is 10.1. The van der Waals surface area contributed by atoms with Crippen molar-refractivity contribution in [2.45, 2.75) is 19.9 Å². The van der Waals surface area contributed by atoms with Crippen molar-refractivity contribution in [3.05, 3.63) is 86.7 Å². The van der Waals surface area contributed by atoms with Crippen molar-refractivity contribution in [3.8, 4) is 16.9 Å². The molecule has 3 aromatic heterocycles. The number of benzene rings is 2. The molecular formula is C24H20ClN5O3. The van der Waals surface area contributed by atoms with Gasteiger partial charge in [0.1, 0.15) is 0 Å². The predicted molar refractivity (Wildman–Crippen MR) is 127 cm³/mol. The molecule has 0 aliphatic heterocycles. The molecular weight excluding hydrogens is 442 g/mol. The minimum absolute atomic E-state index is 0.227. The van der Waals surface area contributed by atoms with Crippen LogP contribution in [0, 0.1) is 0 Å². The third-order valence-electron chi connectivity index (χ3n) is 5.93. The molecule has 2 aromatic carbocycles. The van der Waals surface area contributed by atoms with Crippen molar-refractivity contribution < 1.29 is 4.79 Å². The number of hydrogen-bond acceptors (Lipinski definition) is 4. The zero-order valence-corrected chi connectivity index (χ0v) is 18.9. The molecule has 1 atom stereocenters. The summed E-state index contributed by atoms with van der Waals surface area (Å²) in [4.78, 5) is 43.1. The Kier molecular flexibility index (Phi) is 4.83. The van der Waals surface area contributed by atoms with E-state index in [2.05, 4.69) is 4.98 Å². The highest BCUT2D eigenvalue weighted by Crippen LogP contribution is 2.29. The summed E-state index contributed by atoms with van der Waals surface area (Å²) in [6.07, 6.45) is 1.82. The molecule has 3 heterocycles. The quantitative estimate of drug-likeness (QED) is 0.409. The van der Waals surface area contributed by atoms with Crippen LogP contribution in [0.25, 0.3) is 33.9 Å². The highest BCUT2D eigenvalue weighted by molar-refractivity contribution is 6.30. The summed E-state index contributed by atoms with van der Waals surface area (Å²) in [6, 6.07) is 16.1. The van der Waals surface area contributed by atoms with Crippen LogP contribution in [-0.2, 0) is 11.8 Å². The Morgan fingerprint density at radius 2 is 1.70 bits per heavy atom. The van der Waals surface area contributed by atoms with Gasteiger partial charge in [-0.25, -0.2) is 9.36 Å². The van der Waals surface area contributed by atoms with E-state index in [4.69, 9.17) is 11.6 Å². The van der Waals surface area contributed by atoms with E-state index in [0.29, 0.717) is 10.8 Å². The number of aromatic nitrogens is 5. The molecule has 33 heavy (non-hydrogen) atoms. The molecule has 0 N–H and O–H groups in total. The van der Waals surface area contributed by atoms with Crippen LogP contribution in [0.3, 0.4) is 0 Å². The topological polar surface area (TPSA) is 83.3 Å². The summed E-state index contributed by atoms with van der Waals surface area (Å²) in [7, 11) is 1.55. The lowest BCUT2D eigenvalue weighted by Crippen LogP contribution is -2.42. The average Bonchev–Trinajstić information content (AvgIpc) is 3.35. The summed E-state index contributed by atoms with van der Waals surface area (Å²) in [5.74, 6) is 0.185. The van der Waals surface area contributed by atoms with Gasteiger partial charge < -0.3 is 0 Å². The Hall–Kier alpha value is -3.91. The van der Waals surface area contributed by atoms with Crippen LogP contribution in [-0.4, -0.2) is 28.9 Å². The number of fused-ring (bicyclic) bond motifs is 3. The van der Waals surface area contributed by atoms with Crippen LogP contribution in [0.2, 0.25) is 5.02 Å². The van der Waals surface area contributed by atoms with Crippen molar-refractivity contribution in [2.75, 3.05) is 0 Å². The first-order valence-corrected chi connectivity index (χ1v) is 10.7. The maximum atomic E-state index is 13.5. The van der Waals surface area contributed by atoms with Crippen LogP contribution in [0.4, 0.5) is 0 Å². The van der Waals surface area contributed by atoms with Gasteiger partial charge in [-0.2, -0.15) is 4.98 Å². The molecule has 0 amide bonds. The molecule has 9 heteroatoms. The minimum atomic E-state index is -0.891. The number of halogens is 1. The van der Waals surface area contributed by atoms with E-state index in [1.54, 1.807) is 30.5 Å². The lowest BCUT2D eigenvalue weighted by Gasteiger charge is -2.12. The Morgan fingerprint density at radius 1 is 1.03 bits per heavy atom. The van der Waals surface area contributed by atoms with Crippen molar-refractivity contribution in [1.29, 1.82) is 0 Å². The first-order chi connectivity index (χ1) is 15.8. The Morgan fingerprint density at radius 3 is 2.33 bits per heavy atom. The first kappa shape index (κ1) is 21.0. The number of imidazole rings is 2. The molecule has 0 aliphatic rings. The molecule has 0 saturated carbocycles. The van der Waals surface area contributed by atoms with Crippen LogP contribution in [0.5, 0.6) is 0 Å². The van der Waals surface area contributed by atoms with Crippen molar-refractivity contribution in [2.24, 2.45) is 7.05 Å². The van der Waals surface area contributed by atoms with Crippen LogP contribution >= 0.6 is 11.6 Å². The van der Waals surface area contributed by atoms with Gasteiger partial charge in [0.2, 0.25) is 5.78 Å². The van der Waals surface area contributed by atoms with Gasteiger partial charge in [0, 0.05) is 29.5 Å². The molecule has 0 radical (unpaired) electrons. The Bertz CT molecular complexity index is 1660. The van der Waals surface area contributed by atoms with Gasteiger partial charge in [-0.1, -0.05) is 41.9 Å². The summed E-state index contributed by atoms with van der Waals surface area (Å²) in [5, 5.41) is 0.597. The molecule has 8 nitrogen and oxygen atoms in total. The number of carbonyl (C=O) groups is 1. The van der Waals surface area contributed by atoms with Gasteiger partial charge >= 0.3 is 5.69 Å². The Balaban J connectivity index is 1.94. The molecule has 166 valence electrons. The fourth-order valence-corrected chi connectivity index (χ4v) is 4.17. The SMILES string of the molecule is CC(=O)C(C)n1c(=O)c2c(nc3n(-c4ccc(Cl)cc4)c(-c4ccccc4)cn23)n(C)c1=O. The third kappa shape index (κ3) is 3.14. The summed E-state index contributed by atoms with van der Waals surface area (Å²) in [5.41, 5.74) is 1.86. The average molecular weight is 462 g/mol. The largest absolute Gasteiger partial charge is 0.333 e. The summed E-state index contributed by atoms with van der Waals surface area (Å²) in [6.45, 7) is 2.90. The second-order valence-electron chi connectivity index (χ2n) is 7.95. The first-order valence-electron chi connectivity index (χ1n) is 10.4. The van der Waals surface area contributed by atoms with E-state index in [-0.39, 0.29) is 16.9 Å². The second kappa shape index (κ2) is 7.60. The molecule has 0 aliphatic carbocycles. The van der Waals surface area contributed by atoms with Crippen LogP contribution in [0.15, 0.2) is 70.4 Å². The van der Waals surface area contributed by atoms with E-state index >= 15 is 0 Å². The van der Waals surface area contributed by atoms with E-state index in [9.17, 15) is 14.4 Å². The Labute approximate surface area is 192 Å². The van der Waals surface area contributed by atoms with E-state index in [0.717, 1.165) is 21.5 Å². The highest BCUT2D eigenvalue weighted by Gasteiger charge is 2.25. The van der Waals surface area contributed by atoms with Crippen molar-refractivity contribution in [3.63, 3.8) is 0 Å². The molecule has 5 aromatic rings. The smallest absolute Gasteiger partial charge is 0.298 e. The fraction of sp³-hybridized carbons (Fsp3) is 0.167. The zero-order valence-electron chi connectivity index (χ0n) is 18.2. The number of nitrogens with zero attached hydrogens (tertiary/aromatic N) is 5. The number of ketones is 1. The summed E-state index contributed by atoms with van der Waals surface area (Å²) >= 11 is 6.10. The third-order valence-corrected chi connectivity index (χ3v) is 6.18. The second-order valence-corrected chi connectivity index (χ2v) is 8.39. The molecule has 0 saturated heterocycles. The van der Waals surface area contributed by atoms with Gasteiger partial charge in [0.15, 0.2) is 16.9 Å². The normalized spacial score (nSPS) is 12.5. The fourth-order valence-electron chi connectivity index (χ4n) is 4.04. The minimum Gasteiger partial charge on any atom is -0.298 e. The van der Waals surface area contributed by atoms with E-state index in [1.165, 1.54) is 11.5 Å².